The Kier molecular flexibility index (Phi) is 7.28. The molecule has 0 spiro atoms. The van der Waals surface area contributed by atoms with Crippen LogP contribution in [0.2, 0.25) is 0 Å². The second-order valence-corrected chi connectivity index (χ2v) is 9.72. The Bertz CT molecular complexity index is 803. The molecule has 0 aliphatic carbocycles. The largest absolute Gasteiger partial charge is 0.476 e. The van der Waals surface area contributed by atoms with Crippen molar-refractivity contribution in [3.63, 3.8) is 0 Å². The number of amides is 1. The van der Waals surface area contributed by atoms with E-state index in [-0.39, 0.29) is 11.8 Å². The van der Waals surface area contributed by atoms with E-state index in [0.29, 0.717) is 50.8 Å². The fourth-order valence-electron chi connectivity index (χ4n) is 3.81. The van der Waals surface area contributed by atoms with Crippen LogP contribution in [0.4, 0.5) is 5.82 Å². The van der Waals surface area contributed by atoms with Gasteiger partial charge < -0.3 is 15.0 Å². The number of hydrogen-bond donors (Lipinski definition) is 1. The molecule has 0 aromatic carbocycles. The summed E-state index contributed by atoms with van der Waals surface area (Å²) in [6, 6.07) is 1.86. The van der Waals surface area contributed by atoms with Crippen molar-refractivity contribution >= 4 is 21.7 Å². The lowest BCUT2D eigenvalue weighted by atomic mass is 9.97. The van der Waals surface area contributed by atoms with Crippen LogP contribution < -0.4 is 15.0 Å². The van der Waals surface area contributed by atoms with Gasteiger partial charge in [0, 0.05) is 38.2 Å². The van der Waals surface area contributed by atoms with Gasteiger partial charge in [-0.25, -0.2) is 17.7 Å². The van der Waals surface area contributed by atoms with Crippen LogP contribution in [0, 0.1) is 12.8 Å². The van der Waals surface area contributed by atoms with Gasteiger partial charge in [0.25, 0.3) is 0 Å². The molecular formula is C19H31N5O4S. The quantitative estimate of drug-likeness (QED) is 0.648. The van der Waals surface area contributed by atoms with Crippen molar-refractivity contribution in [3.8, 4) is 5.88 Å². The Balaban J connectivity index is 1.42. The van der Waals surface area contributed by atoms with Gasteiger partial charge in [-0.2, -0.15) is 4.98 Å². The number of carbonyl (C=O) groups is 1. The number of sulfonamides is 1. The first-order chi connectivity index (χ1) is 13.8. The normalized spacial score (nSPS) is 19.2. The van der Waals surface area contributed by atoms with Gasteiger partial charge in [0.05, 0.1) is 12.8 Å². The van der Waals surface area contributed by atoms with Gasteiger partial charge in [-0.1, -0.05) is 0 Å². The summed E-state index contributed by atoms with van der Waals surface area (Å²) in [5, 5.41) is 2.88. The molecule has 9 nitrogen and oxygen atoms in total. The number of ether oxygens (including phenoxy) is 1. The highest BCUT2D eigenvalue weighted by molar-refractivity contribution is 7.88. The highest BCUT2D eigenvalue weighted by Gasteiger charge is 2.28. The van der Waals surface area contributed by atoms with E-state index in [0.717, 1.165) is 18.9 Å². The van der Waals surface area contributed by atoms with Crippen LogP contribution in [-0.4, -0.2) is 74.2 Å². The SMILES string of the molecule is Cc1nc(OCCNC(=O)C2CCN(S(C)(=O)=O)CC2)cc(N2CCCCC2)n1. The summed E-state index contributed by atoms with van der Waals surface area (Å²) in [7, 11) is -3.18. The van der Waals surface area contributed by atoms with Crippen LogP contribution in [0.5, 0.6) is 5.88 Å². The van der Waals surface area contributed by atoms with Gasteiger partial charge in [-0.05, 0) is 39.0 Å². The van der Waals surface area contributed by atoms with Crippen molar-refractivity contribution in [1.29, 1.82) is 0 Å². The topological polar surface area (TPSA) is 105 Å². The van der Waals surface area contributed by atoms with Crippen molar-refractivity contribution in [3.05, 3.63) is 11.9 Å². The summed E-state index contributed by atoms with van der Waals surface area (Å²) in [4.78, 5) is 23.4. The molecule has 2 aliphatic heterocycles. The van der Waals surface area contributed by atoms with E-state index in [1.807, 2.05) is 13.0 Å². The second kappa shape index (κ2) is 9.71. The third kappa shape index (κ3) is 6.27. The van der Waals surface area contributed by atoms with Gasteiger partial charge in [0.2, 0.25) is 21.8 Å². The molecule has 0 saturated carbocycles. The number of carbonyl (C=O) groups excluding carboxylic acids is 1. The molecule has 2 aliphatic rings. The maximum Gasteiger partial charge on any atom is 0.223 e. The number of nitrogens with zero attached hydrogens (tertiary/aromatic N) is 4. The first-order valence-electron chi connectivity index (χ1n) is 10.3. The van der Waals surface area contributed by atoms with Gasteiger partial charge in [-0.3, -0.25) is 4.79 Å². The first-order valence-corrected chi connectivity index (χ1v) is 12.1. The summed E-state index contributed by atoms with van der Waals surface area (Å²) in [5.74, 6) is 1.89. The number of hydrogen-bond acceptors (Lipinski definition) is 7. The molecule has 2 saturated heterocycles. The smallest absolute Gasteiger partial charge is 0.223 e. The minimum absolute atomic E-state index is 0.0466. The Morgan fingerprint density at radius 1 is 1.17 bits per heavy atom. The highest BCUT2D eigenvalue weighted by Crippen LogP contribution is 2.21. The fraction of sp³-hybridized carbons (Fsp3) is 0.737. The second-order valence-electron chi connectivity index (χ2n) is 7.74. The highest BCUT2D eigenvalue weighted by atomic mass is 32.2. The van der Waals surface area contributed by atoms with Crippen LogP contribution in [-0.2, 0) is 14.8 Å². The summed E-state index contributed by atoms with van der Waals surface area (Å²) >= 11 is 0. The Morgan fingerprint density at radius 2 is 1.86 bits per heavy atom. The predicted molar refractivity (Wildman–Crippen MR) is 110 cm³/mol. The Morgan fingerprint density at radius 3 is 2.52 bits per heavy atom. The number of rotatable bonds is 7. The third-order valence-corrected chi connectivity index (χ3v) is 6.73. The zero-order chi connectivity index (χ0) is 20.9. The number of aromatic nitrogens is 2. The van der Waals surface area contributed by atoms with E-state index in [1.165, 1.54) is 29.8 Å². The molecule has 1 aromatic heterocycles. The fourth-order valence-corrected chi connectivity index (χ4v) is 4.68. The molecule has 10 heteroatoms. The lowest BCUT2D eigenvalue weighted by Crippen LogP contribution is -2.43. The molecule has 162 valence electrons. The molecule has 1 amide bonds. The summed E-state index contributed by atoms with van der Waals surface area (Å²) < 4.78 is 30.3. The number of anilines is 1. The van der Waals surface area contributed by atoms with Crippen molar-refractivity contribution in [1.82, 2.24) is 19.6 Å². The summed E-state index contributed by atoms with van der Waals surface area (Å²) in [5.41, 5.74) is 0. The van der Waals surface area contributed by atoms with Crippen LogP contribution in [0.15, 0.2) is 6.07 Å². The monoisotopic (exact) mass is 425 g/mol. The van der Waals surface area contributed by atoms with Gasteiger partial charge in [-0.15, -0.1) is 0 Å². The van der Waals surface area contributed by atoms with Gasteiger partial charge in [0.1, 0.15) is 18.2 Å². The van der Waals surface area contributed by atoms with Crippen LogP contribution >= 0.6 is 0 Å². The van der Waals surface area contributed by atoms with Gasteiger partial charge >= 0.3 is 0 Å². The molecule has 1 aromatic rings. The lowest BCUT2D eigenvalue weighted by Gasteiger charge is -2.29. The number of nitrogens with one attached hydrogen (secondary N) is 1. The van der Waals surface area contributed by atoms with E-state index in [1.54, 1.807) is 0 Å². The van der Waals surface area contributed by atoms with Crippen molar-refractivity contribution in [2.24, 2.45) is 5.92 Å². The minimum Gasteiger partial charge on any atom is -0.476 e. The Hall–Kier alpha value is -1.94. The molecule has 2 fully saturated rings. The molecule has 0 radical (unpaired) electrons. The van der Waals surface area contributed by atoms with Crippen LogP contribution in [0.1, 0.15) is 37.9 Å². The van der Waals surface area contributed by atoms with E-state index >= 15 is 0 Å². The van der Waals surface area contributed by atoms with Crippen LogP contribution in [0.25, 0.3) is 0 Å². The Labute approximate surface area is 172 Å². The van der Waals surface area contributed by atoms with Crippen molar-refractivity contribution in [2.75, 3.05) is 50.5 Å². The molecule has 29 heavy (non-hydrogen) atoms. The molecule has 0 unspecified atom stereocenters. The molecule has 0 atom stereocenters. The van der Waals surface area contributed by atoms with E-state index in [9.17, 15) is 13.2 Å². The lowest BCUT2D eigenvalue weighted by molar-refractivity contribution is -0.126. The standard InChI is InChI=1S/C19H31N5O4S/c1-15-21-17(23-9-4-3-5-10-23)14-18(22-15)28-13-8-20-19(25)16-6-11-24(12-7-16)29(2,26)27/h14,16H,3-13H2,1-2H3,(H,20,25). The van der Waals surface area contributed by atoms with Crippen molar-refractivity contribution in [2.45, 2.75) is 39.0 Å². The molecule has 0 bridgehead atoms. The first kappa shape index (κ1) is 21.8. The molecular weight excluding hydrogens is 394 g/mol. The van der Waals surface area contributed by atoms with E-state index in [2.05, 4.69) is 20.2 Å². The zero-order valence-corrected chi connectivity index (χ0v) is 18.1. The maximum atomic E-state index is 12.3. The predicted octanol–water partition coefficient (Wildman–Crippen LogP) is 0.942. The van der Waals surface area contributed by atoms with E-state index < -0.39 is 10.0 Å². The average Bonchev–Trinajstić information content (AvgIpc) is 2.71. The summed E-state index contributed by atoms with van der Waals surface area (Å²) in [6.45, 7) is 5.36. The van der Waals surface area contributed by atoms with E-state index in [4.69, 9.17) is 4.74 Å². The third-order valence-electron chi connectivity index (χ3n) is 5.43. The number of piperidine rings is 2. The average molecular weight is 426 g/mol. The molecule has 3 heterocycles. The van der Waals surface area contributed by atoms with Crippen molar-refractivity contribution < 1.29 is 17.9 Å². The molecule has 1 N–H and O–H groups in total. The number of aryl methyl sites for hydroxylation is 1. The minimum atomic E-state index is -3.18. The zero-order valence-electron chi connectivity index (χ0n) is 17.3. The summed E-state index contributed by atoms with van der Waals surface area (Å²) in [6.07, 6.45) is 5.91. The molecule has 3 rings (SSSR count). The van der Waals surface area contributed by atoms with Crippen LogP contribution in [0.3, 0.4) is 0 Å². The van der Waals surface area contributed by atoms with Gasteiger partial charge in [0.15, 0.2) is 0 Å². The maximum absolute atomic E-state index is 12.3.